The molecule has 168 valence electrons. The zero-order valence-electron chi connectivity index (χ0n) is 18.7. The van der Waals surface area contributed by atoms with Crippen molar-refractivity contribution in [3.05, 3.63) is 76.1 Å². The number of rotatable bonds is 9. The largest absolute Gasteiger partial charge is 0.352 e. The van der Waals surface area contributed by atoms with E-state index in [2.05, 4.69) is 29.3 Å². The van der Waals surface area contributed by atoms with Gasteiger partial charge in [-0.1, -0.05) is 37.3 Å². The van der Waals surface area contributed by atoms with Crippen LogP contribution in [0.1, 0.15) is 70.0 Å². The topological polar surface area (TPSA) is 49.4 Å². The van der Waals surface area contributed by atoms with Crippen molar-refractivity contribution in [1.82, 2.24) is 10.2 Å². The molecule has 0 heterocycles. The number of ketones is 1. The minimum atomic E-state index is -0.486. The number of amides is 1. The Hall–Kier alpha value is -2.79. The zero-order chi connectivity index (χ0) is 22.5. The van der Waals surface area contributed by atoms with Crippen molar-refractivity contribution in [3.63, 3.8) is 0 Å². The second-order valence-corrected chi connectivity index (χ2v) is 8.74. The van der Waals surface area contributed by atoms with E-state index < -0.39 is 5.82 Å². The molecule has 2 aromatic carbocycles. The number of unbranched alkanes of at least 4 members (excludes halogenated alkanes) is 1. The van der Waals surface area contributed by atoms with Crippen LogP contribution in [0.2, 0.25) is 0 Å². The van der Waals surface area contributed by atoms with Crippen LogP contribution in [0, 0.1) is 5.82 Å². The summed E-state index contributed by atoms with van der Waals surface area (Å²) in [6, 6.07) is 10.8. The predicted octanol–water partition coefficient (Wildman–Crippen LogP) is 4.81. The number of nitrogens with one attached hydrogen (secondary N) is 1. The third kappa shape index (κ3) is 4.83. The average Bonchev–Trinajstić information content (AvgIpc) is 3.19. The van der Waals surface area contributed by atoms with Crippen molar-refractivity contribution in [2.75, 3.05) is 19.6 Å². The van der Waals surface area contributed by atoms with E-state index in [0.717, 1.165) is 62.7 Å². The molecule has 2 aliphatic rings. The van der Waals surface area contributed by atoms with Gasteiger partial charge in [0.2, 0.25) is 0 Å². The van der Waals surface area contributed by atoms with Crippen molar-refractivity contribution in [2.24, 2.45) is 0 Å². The lowest BCUT2D eigenvalue weighted by molar-refractivity contribution is 0.0947. The molecule has 1 N–H and O–H groups in total. The van der Waals surface area contributed by atoms with Crippen LogP contribution in [-0.2, 0) is 12.8 Å². The van der Waals surface area contributed by atoms with E-state index in [-0.39, 0.29) is 17.3 Å². The van der Waals surface area contributed by atoms with Gasteiger partial charge in [-0.15, -0.1) is 0 Å². The van der Waals surface area contributed by atoms with E-state index in [0.29, 0.717) is 12.6 Å². The van der Waals surface area contributed by atoms with E-state index in [9.17, 15) is 14.0 Å². The molecule has 0 saturated heterocycles. The van der Waals surface area contributed by atoms with Gasteiger partial charge in [-0.3, -0.25) is 9.59 Å². The Morgan fingerprint density at radius 2 is 1.97 bits per heavy atom. The maximum absolute atomic E-state index is 13.7. The molecule has 0 spiro atoms. The molecule has 4 nitrogen and oxygen atoms in total. The second-order valence-electron chi connectivity index (χ2n) is 8.74. The maximum Gasteiger partial charge on any atom is 0.254 e. The van der Waals surface area contributed by atoms with Crippen LogP contribution >= 0.6 is 0 Å². The highest BCUT2D eigenvalue weighted by Crippen LogP contribution is 2.33. The molecule has 0 unspecified atom stereocenters. The molecule has 4 rings (SSSR count). The molecule has 1 amide bonds. The molecule has 2 aromatic rings. The van der Waals surface area contributed by atoms with E-state index in [1.54, 1.807) is 18.2 Å². The molecule has 0 radical (unpaired) electrons. The highest BCUT2D eigenvalue weighted by atomic mass is 19.1. The fourth-order valence-electron chi connectivity index (χ4n) is 4.99. The normalized spacial score (nSPS) is 16.8. The first kappa shape index (κ1) is 22.4. The van der Waals surface area contributed by atoms with E-state index >= 15 is 0 Å². The summed E-state index contributed by atoms with van der Waals surface area (Å²) in [6.45, 7) is 4.78. The third-order valence-electron chi connectivity index (χ3n) is 6.59. The summed E-state index contributed by atoms with van der Waals surface area (Å²) in [5.74, 6) is -0.688. The SMILES string of the molecule is CCCN(CCCCNC(=O)c1ccccc1F)[C@@H]1CCc2c(ccc3c2C(=O)C=C3)C1. The Labute approximate surface area is 189 Å². The molecule has 2 aliphatic carbocycles. The van der Waals surface area contributed by atoms with Gasteiger partial charge < -0.3 is 10.2 Å². The molecule has 0 aromatic heterocycles. The number of allylic oxidation sites excluding steroid dienone is 1. The van der Waals surface area contributed by atoms with Crippen molar-refractivity contribution in [1.29, 1.82) is 0 Å². The number of carbonyl (C=O) groups is 2. The van der Waals surface area contributed by atoms with Crippen LogP contribution in [0.15, 0.2) is 42.5 Å². The molecular weight excluding hydrogens is 403 g/mol. The first-order valence-electron chi connectivity index (χ1n) is 11.7. The molecule has 32 heavy (non-hydrogen) atoms. The number of carbonyl (C=O) groups excluding carboxylic acids is 2. The summed E-state index contributed by atoms with van der Waals surface area (Å²) < 4.78 is 13.7. The highest BCUT2D eigenvalue weighted by molar-refractivity contribution is 6.14. The Kier molecular flexibility index (Phi) is 7.15. The summed E-state index contributed by atoms with van der Waals surface area (Å²) in [4.78, 5) is 27.0. The minimum Gasteiger partial charge on any atom is -0.352 e. The van der Waals surface area contributed by atoms with Gasteiger partial charge in [-0.2, -0.15) is 0 Å². The quantitative estimate of drug-likeness (QED) is 0.576. The lowest BCUT2D eigenvalue weighted by Crippen LogP contribution is -2.41. The number of halogens is 1. The zero-order valence-corrected chi connectivity index (χ0v) is 18.7. The molecule has 1 atom stereocenters. The summed E-state index contributed by atoms with van der Waals surface area (Å²) in [5, 5.41) is 2.83. The average molecular weight is 435 g/mol. The Bertz CT molecular complexity index is 1030. The molecule has 5 heteroatoms. The summed E-state index contributed by atoms with van der Waals surface area (Å²) in [7, 11) is 0. The van der Waals surface area contributed by atoms with Crippen LogP contribution in [0.25, 0.3) is 6.08 Å². The van der Waals surface area contributed by atoms with E-state index in [1.165, 1.54) is 23.3 Å². The molecule has 0 saturated carbocycles. The van der Waals surface area contributed by atoms with Crippen LogP contribution in [-0.4, -0.2) is 42.3 Å². The van der Waals surface area contributed by atoms with E-state index in [4.69, 9.17) is 0 Å². The van der Waals surface area contributed by atoms with Crippen molar-refractivity contribution in [2.45, 2.75) is 51.5 Å². The summed E-state index contributed by atoms with van der Waals surface area (Å²) in [6.07, 6.45) is 9.56. The fourth-order valence-corrected chi connectivity index (χ4v) is 4.99. The standard InChI is InChI=1S/C27H31FN2O2/c1-2-16-30(17-6-5-15-29-27(32)23-7-3-4-8-24(23)28)21-12-13-22-20(18-21)10-9-19-11-14-25(31)26(19)22/h3-4,7-11,14,21H,2,5-6,12-13,15-18H2,1H3,(H,29,32)/t21-/m1/s1. The lowest BCUT2D eigenvalue weighted by atomic mass is 9.83. The third-order valence-corrected chi connectivity index (χ3v) is 6.59. The molecule has 0 fully saturated rings. The van der Waals surface area contributed by atoms with Gasteiger partial charge in [0, 0.05) is 18.2 Å². The second kappa shape index (κ2) is 10.2. The van der Waals surface area contributed by atoms with Gasteiger partial charge in [0.25, 0.3) is 5.91 Å². The lowest BCUT2D eigenvalue weighted by Gasteiger charge is -2.36. The highest BCUT2D eigenvalue weighted by Gasteiger charge is 2.28. The van der Waals surface area contributed by atoms with Gasteiger partial charge >= 0.3 is 0 Å². The number of hydrogen-bond acceptors (Lipinski definition) is 3. The van der Waals surface area contributed by atoms with Crippen LogP contribution in [0.5, 0.6) is 0 Å². The van der Waals surface area contributed by atoms with Crippen LogP contribution in [0.3, 0.4) is 0 Å². The van der Waals surface area contributed by atoms with Crippen molar-refractivity contribution >= 4 is 17.8 Å². The Morgan fingerprint density at radius 3 is 2.78 bits per heavy atom. The smallest absolute Gasteiger partial charge is 0.254 e. The summed E-state index contributed by atoms with van der Waals surface area (Å²) >= 11 is 0. The fraction of sp³-hybridized carbons (Fsp3) is 0.407. The predicted molar refractivity (Wildman–Crippen MR) is 125 cm³/mol. The number of fused-ring (bicyclic) bond motifs is 3. The van der Waals surface area contributed by atoms with Crippen molar-refractivity contribution in [3.8, 4) is 0 Å². The number of benzene rings is 2. The summed E-state index contributed by atoms with van der Waals surface area (Å²) in [5.41, 5.74) is 4.65. The Balaban J connectivity index is 1.28. The van der Waals surface area contributed by atoms with Gasteiger partial charge in [0.15, 0.2) is 5.78 Å². The van der Waals surface area contributed by atoms with Gasteiger partial charge in [-0.05, 0) is 86.5 Å². The van der Waals surface area contributed by atoms with Crippen LogP contribution in [0.4, 0.5) is 4.39 Å². The molecule has 0 bridgehead atoms. The van der Waals surface area contributed by atoms with Gasteiger partial charge in [0.05, 0.1) is 5.56 Å². The Morgan fingerprint density at radius 1 is 1.12 bits per heavy atom. The minimum absolute atomic E-state index is 0.0983. The first-order valence-corrected chi connectivity index (χ1v) is 11.7. The van der Waals surface area contributed by atoms with Crippen LogP contribution < -0.4 is 5.32 Å². The van der Waals surface area contributed by atoms with Gasteiger partial charge in [-0.25, -0.2) is 4.39 Å². The molecular formula is C27H31FN2O2. The van der Waals surface area contributed by atoms with Gasteiger partial charge in [0.1, 0.15) is 5.82 Å². The first-order chi connectivity index (χ1) is 15.6. The maximum atomic E-state index is 13.7. The van der Waals surface area contributed by atoms with E-state index in [1.807, 2.05) is 6.08 Å². The monoisotopic (exact) mass is 434 g/mol. The molecule has 0 aliphatic heterocycles. The number of hydrogen-bond donors (Lipinski definition) is 1. The van der Waals surface area contributed by atoms with Crippen molar-refractivity contribution < 1.29 is 14.0 Å². The number of nitrogens with zero attached hydrogens (tertiary/aromatic N) is 1.